The quantitative estimate of drug-likeness (QED) is 0.369. The van der Waals surface area contributed by atoms with Crippen LogP contribution in [0.4, 0.5) is 0 Å². The maximum absolute atomic E-state index is 7.29. The second-order valence-corrected chi connectivity index (χ2v) is 2.77. The Balaban J connectivity index is 3.13. The molecular weight excluding hydrogens is 182 g/mol. The molecule has 0 spiro atoms. The molecule has 0 amide bonds. The van der Waals surface area contributed by atoms with Crippen LogP contribution >= 0.6 is 0 Å². The summed E-state index contributed by atoms with van der Waals surface area (Å²) in [5.41, 5.74) is 0.624. The minimum Gasteiger partial charge on any atom is -0.475 e. The Morgan fingerprint density at radius 3 is 2.29 bits per heavy atom. The van der Waals surface area contributed by atoms with Gasteiger partial charge < -0.3 is 14.2 Å². The molecule has 0 bridgehead atoms. The third kappa shape index (κ3) is 7.76. The SMILES string of the molecule is C=C(C)C(=N)OCCOCCOCC. The van der Waals surface area contributed by atoms with Crippen molar-refractivity contribution in [3.8, 4) is 0 Å². The fraction of sp³-hybridized carbons (Fsp3) is 0.700. The van der Waals surface area contributed by atoms with Gasteiger partial charge in [0, 0.05) is 12.2 Å². The maximum Gasteiger partial charge on any atom is 0.208 e. The summed E-state index contributed by atoms with van der Waals surface area (Å²) >= 11 is 0. The van der Waals surface area contributed by atoms with Crippen molar-refractivity contribution < 1.29 is 14.2 Å². The Morgan fingerprint density at radius 1 is 1.14 bits per heavy atom. The van der Waals surface area contributed by atoms with Crippen LogP contribution in [-0.2, 0) is 14.2 Å². The largest absolute Gasteiger partial charge is 0.475 e. The minimum atomic E-state index is 0.124. The second kappa shape index (κ2) is 8.72. The first-order chi connectivity index (χ1) is 6.68. The average molecular weight is 201 g/mol. The predicted molar refractivity (Wildman–Crippen MR) is 55.8 cm³/mol. The molecule has 0 heterocycles. The molecule has 1 N–H and O–H groups in total. The fourth-order valence-electron chi connectivity index (χ4n) is 0.690. The molecule has 0 unspecified atom stereocenters. The third-order valence-electron chi connectivity index (χ3n) is 1.44. The summed E-state index contributed by atoms with van der Waals surface area (Å²) in [4.78, 5) is 0. The van der Waals surface area contributed by atoms with Gasteiger partial charge in [-0.15, -0.1) is 0 Å². The molecule has 0 atom stereocenters. The van der Waals surface area contributed by atoms with E-state index in [2.05, 4.69) is 6.58 Å². The van der Waals surface area contributed by atoms with Gasteiger partial charge in [-0.1, -0.05) is 6.58 Å². The fourth-order valence-corrected chi connectivity index (χ4v) is 0.690. The number of hydrogen-bond acceptors (Lipinski definition) is 4. The van der Waals surface area contributed by atoms with Gasteiger partial charge in [-0.2, -0.15) is 0 Å². The molecule has 14 heavy (non-hydrogen) atoms. The molecule has 0 saturated carbocycles. The van der Waals surface area contributed by atoms with Crippen LogP contribution < -0.4 is 0 Å². The van der Waals surface area contributed by atoms with Crippen LogP contribution in [0.2, 0.25) is 0 Å². The van der Waals surface area contributed by atoms with Gasteiger partial charge in [-0.25, -0.2) is 0 Å². The Hall–Kier alpha value is -0.870. The zero-order valence-corrected chi connectivity index (χ0v) is 8.97. The van der Waals surface area contributed by atoms with E-state index in [1.54, 1.807) is 6.92 Å². The summed E-state index contributed by atoms with van der Waals surface area (Å²) in [6.45, 7) is 10.0. The highest BCUT2D eigenvalue weighted by molar-refractivity contribution is 5.89. The van der Waals surface area contributed by atoms with E-state index in [4.69, 9.17) is 19.6 Å². The van der Waals surface area contributed by atoms with Crippen LogP contribution in [-0.4, -0.2) is 38.9 Å². The Bertz CT molecular complexity index is 180. The molecule has 0 radical (unpaired) electrons. The number of hydrogen-bond donors (Lipinski definition) is 1. The molecule has 0 aromatic rings. The van der Waals surface area contributed by atoms with Crippen molar-refractivity contribution in [2.45, 2.75) is 13.8 Å². The topological polar surface area (TPSA) is 51.5 Å². The van der Waals surface area contributed by atoms with E-state index in [1.165, 1.54) is 0 Å². The highest BCUT2D eigenvalue weighted by Gasteiger charge is 1.97. The van der Waals surface area contributed by atoms with E-state index in [9.17, 15) is 0 Å². The molecule has 82 valence electrons. The minimum absolute atomic E-state index is 0.124. The van der Waals surface area contributed by atoms with Crippen molar-refractivity contribution in [2.75, 3.05) is 33.0 Å². The average Bonchev–Trinajstić information content (AvgIpc) is 2.16. The summed E-state index contributed by atoms with van der Waals surface area (Å²) < 4.78 is 15.3. The van der Waals surface area contributed by atoms with Crippen LogP contribution in [0.3, 0.4) is 0 Å². The Morgan fingerprint density at radius 2 is 1.71 bits per heavy atom. The zero-order valence-electron chi connectivity index (χ0n) is 8.97. The molecule has 0 rings (SSSR count). The van der Waals surface area contributed by atoms with Crippen LogP contribution in [0.1, 0.15) is 13.8 Å². The van der Waals surface area contributed by atoms with E-state index in [-0.39, 0.29) is 5.90 Å². The lowest BCUT2D eigenvalue weighted by atomic mass is 10.3. The Kier molecular flexibility index (Phi) is 8.17. The third-order valence-corrected chi connectivity index (χ3v) is 1.44. The Labute approximate surface area is 85.4 Å². The van der Waals surface area contributed by atoms with Crippen molar-refractivity contribution in [2.24, 2.45) is 0 Å². The van der Waals surface area contributed by atoms with Crippen molar-refractivity contribution in [1.82, 2.24) is 0 Å². The first kappa shape index (κ1) is 13.1. The van der Waals surface area contributed by atoms with Crippen LogP contribution in [0.15, 0.2) is 12.2 Å². The molecule has 0 aliphatic rings. The number of ether oxygens (including phenoxy) is 3. The number of rotatable bonds is 8. The van der Waals surface area contributed by atoms with Gasteiger partial charge in [0.25, 0.3) is 0 Å². The van der Waals surface area contributed by atoms with Gasteiger partial charge in [0.15, 0.2) is 0 Å². The second-order valence-electron chi connectivity index (χ2n) is 2.77. The smallest absolute Gasteiger partial charge is 0.208 e. The summed E-state index contributed by atoms with van der Waals surface area (Å²) in [6, 6.07) is 0. The van der Waals surface area contributed by atoms with Crippen LogP contribution in [0, 0.1) is 5.41 Å². The van der Waals surface area contributed by atoms with Gasteiger partial charge in [0.1, 0.15) is 6.61 Å². The van der Waals surface area contributed by atoms with E-state index >= 15 is 0 Å². The lowest BCUT2D eigenvalue weighted by Gasteiger charge is -2.07. The van der Waals surface area contributed by atoms with E-state index in [0.29, 0.717) is 38.6 Å². The van der Waals surface area contributed by atoms with E-state index in [1.807, 2.05) is 6.92 Å². The van der Waals surface area contributed by atoms with Crippen molar-refractivity contribution in [1.29, 1.82) is 5.41 Å². The van der Waals surface area contributed by atoms with E-state index < -0.39 is 0 Å². The molecule has 0 aromatic heterocycles. The lowest BCUT2D eigenvalue weighted by molar-refractivity contribution is 0.0388. The molecule has 4 heteroatoms. The summed E-state index contributed by atoms with van der Waals surface area (Å²) in [5, 5.41) is 7.29. The summed E-state index contributed by atoms with van der Waals surface area (Å²) in [7, 11) is 0. The molecule has 0 aromatic carbocycles. The van der Waals surface area contributed by atoms with Gasteiger partial charge in [0.2, 0.25) is 5.90 Å². The monoisotopic (exact) mass is 201 g/mol. The van der Waals surface area contributed by atoms with Gasteiger partial charge in [-0.05, 0) is 13.8 Å². The summed E-state index contributed by atoms with van der Waals surface area (Å²) in [6.07, 6.45) is 0. The zero-order chi connectivity index (χ0) is 10.8. The van der Waals surface area contributed by atoms with Crippen LogP contribution in [0.25, 0.3) is 0 Å². The molecular formula is C10H19NO3. The first-order valence-corrected chi connectivity index (χ1v) is 4.71. The van der Waals surface area contributed by atoms with Crippen molar-refractivity contribution in [3.63, 3.8) is 0 Å². The van der Waals surface area contributed by atoms with Crippen molar-refractivity contribution in [3.05, 3.63) is 12.2 Å². The first-order valence-electron chi connectivity index (χ1n) is 4.71. The standard InChI is InChI=1S/C10H19NO3/c1-4-12-5-6-13-7-8-14-10(11)9(2)3/h11H,2,4-8H2,1,3H3. The normalized spacial score (nSPS) is 9.86. The highest BCUT2D eigenvalue weighted by atomic mass is 16.5. The van der Waals surface area contributed by atoms with E-state index in [0.717, 1.165) is 0 Å². The number of nitrogens with one attached hydrogen (secondary N) is 1. The predicted octanol–water partition coefficient (Wildman–Crippen LogP) is 1.61. The van der Waals surface area contributed by atoms with Gasteiger partial charge in [0.05, 0.1) is 19.8 Å². The van der Waals surface area contributed by atoms with Crippen LogP contribution in [0.5, 0.6) is 0 Å². The summed E-state index contributed by atoms with van der Waals surface area (Å²) in [5.74, 6) is 0.124. The van der Waals surface area contributed by atoms with Crippen molar-refractivity contribution >= 4 is 5.90 Å². The molecule has 0 fully saturated rings. The molecule has 4 nitrogen and oxygen atoms in total. The molecule has 0 aliphatic heterocycles. The van der Waals surface area contributed by atoms with Gasteiger partial charge >= 0.3 is 0 Å². The molecule has 0 aliphatic carbocycles. The molecule has 0 saturated heterocycles. The van der Waals surface area contributed by atoms with Gasteiger partial charge in [-0.3, -0.25) is 5.41 Å². The lowest BCUT2D eigenvalue weighted by Crippen LogP contribution is -2.12. The maximum atomic E-state index is 7.29. The highest BCUT2D eigenvalue weighted by Crippen LogP contribution is 1.92.